The summed E-state index contributed by atoms with van der Waals surface area (Å²) < 4.78 is 50.4. The molecule has 0 aliphatic rings. The number of aromatic amines is 1. The van der Waals surface area contributed by atoms with Crippen molar-refractivity contribution in [2.75, 3.05) is 0 Å². The molecule has 1 aromatic heterocycles. The first-order valence-electron chi connectivity index (χ1n) is 4.96. The predicted octanol–water partition coefficient (Wildman–Crippen LogP) is 2.74. The average molecular weight is 246 g/mol. The van der Waals surface area contributed by atoms with Gasteiger partial charge in [-0.05, 0) is 24.1 Å². The van der Waals surface area contributed by atoms with Crippen LogP contribution in [0.15, 0.2) is 24.4 Å². The fraction of sp³-hybridized carbons (Fsp3) is 0.273. The lowest BCUT2D eigenvalue weighted by Gasteiger charge is -2.14. The normalized spacial score (nSPS) is 14.2. The minimum absolute atomic E-state index is 0.173. The summed E-state index contributed by atoms with van der Waals surface area (Å²) in [5.74, 6) is -0.548. The number of rotatable bonds is 2. The number of benzene rings is 1. The van der Waals surface area contributed by atoms with Gasteiger partial charge < -0.3 is 10.7 Å². The smallest absolute Gasteiger partial charge is 0.361 e. The van der Waals surface area contributed by atoms with Crippen molar-refractivity contribution in [2.24, 2.45) is 5.73 Å². The highest BCUT2D eigenvalue weighted by Crippen LogP contribution is 2.26. The quantitative estimate of drug-likeness (QED) is 0.786. The zero-order valence-electron chi connectivity index (χ0n) is 8.68. The molecule has 6 heteroatoms. The predicted molar refractivity (Wildman–Crippen MR) is 56.0 cm³/mol. The van der Waals surface area contributed by atoms with Gasteiger partial charge in [0, 0.05) is 17.1 Å². The Hall–Kier alpha value is -1.56. The van der Waals surface area contributed by atoms with Crippen molar-refractivity contribution in [3.63, 3.8) is 0 Å². The highest BCUT2D eigenvalue weighted by atomic mass is 19.4. The molecular weight excluding hydrogens is 236 g/mol. The standard InChI is InChI=1S/C11H10F4N2/c12-7-2-1-3-8-10(7)6(5-17-8)4-9(16)11(13,14)15/h1-3,5,9,17H,4,16H2. The van der Waals surface area contributed by atoms with E-state index in [-0.39, 0.29) is 10.9 Å². The third-order valence-corrected chi connectivity index (χ3v) is 2.60. The Labute approximate surface area is 94.4 Å². The summed E-state index contributed by atoms with van der Waals surface area (Å²) >= 11 is 0. The van der Waals surface area contributed by atoms with Gasteiger partial charge in [-0.25, -0.2) is 4.39 Å². The Kier molecular flexibility index (Phi) is 2.82. The third kappa shape index (κ3) is 2.26. The molecule has 0 aliphatic heterocycles. The first kappa shape index (κ1) is 11.9. The van der Waals surface area contributed by atoms with Crippen molar-refractivity contribution in [1.82, 2.24) is 4.98 Å². The van der Waals surface area contributed by atoms with E-state index >= 15 is 0 Å². The lowest BCUT2D eigenvalue weighted by molar-refractivity contribution is -0.147. The van der Waals surface area contributed by atoms with E-state index in [2.05, 4.69) is 4.98 Å². The molecule has 2 rings (SSSR count). The Morgan fingerprint density at radius 1 is 1.29 bits per heavy atom. The third-order valence-electron chi connectivity index (χ3n) is 2.60. The van der Waals surface area contributed by atoms with Crippen LogP contribution in [0.1, 0.15) is 5.56 Å². The van der Waals surface area contributed by atoms with Gasteiger partial charge in [0.05, 0.1) is 0 Å². The molecule has 3 N–H and O–H groups in total. The van der Waals surface area contributed by atoms with Crippen LogP contribution in [-0.4, -0.2) is 17.2 Å². The number of nitrogens with two attached hydrogens (primary N) is 1. The molecule has 17 heavy (non-hydrogen) atoms. The van der Waals surface area contributed by atoms with Crippen LogP contribution in [0.4, 0.5) is 17.6 Å². The summed E-state index contributed by atoms with van der Waals surface area (Å²) in [6.07, 6.45) is -3.56. The van der Waals surface area contributed by atoms with Gasteiger partial charge in [0.25, 0.3) is 0 Å². The summed E-state index contributed by atoms with van der Waals surface area (Å²) in [6, 6.07) is 2.31. The van der Waals surface area contributed by atoms with E-state index < -0.39 is 24.5 Å². The van der Waals surface area contributed by atoms with E-state index in [1.54, 1.807) is 6.07 Å². The monoisotopic (exact) mass is 246 g/mol. The molecule has 0 saturated carbocycles. The highest BCUT2D eigenvalue weighted by Gasteiger charge is 2.37. The number of fused-ring (bicyclic) bond motifs is 1. The van der Waals surface area contributed by atoms with Crippen LogP contribution in [0.3, 0.4) is 0 Å². The summed E-state index contributed by atoms with van der Waals surface area (Å²) in [5, 5.41) is 0.173. The molecule has 0 bridgehead atoms. The zero-order chi connectivity index (χ0) is 12.6. The lowest BCUT2D eigenvalue weighted by Crippen LogP contribution is -2.39. The number of alkyl halides is 3. The van der Waals surface area contributed by atoms with Gasteiger partial charge >= 0.3 is 6.18 Å². The number of nitrogens with one attached hydrogen (secondary N) is 1. The zero-order valence-corrected chi connectivity index (χ0v) is 8.68. The molecule has 0 radical (unpaired) electrons. The SMILES string of the molecule is NC(Cc1c[nH]c2cccc(F)c12)C(F)(F)F. The van der Waals surface area contributed by atoms with Crippen molar-refractivity contribution in [3.8, 4) is 0 Å². The van der Waals surface area contributed by atoms with Crippen LogP contribution < -0.4 is 5.73 Å². The molecule has 2 aromatic rings. The van der Waals surface area contributed by atoms with E-state index in [0.717, 1.165) is 0 Å². The topological polar surface area (TPSA) is 41.8 Å². The number of hydrogen-bond donors (Lipinski definition) is 2. The van der Waals surface area contributed by atoms with Crippen molar-refractivity contribution in [2.45, 2.75) is 18.6 Å². The van der Waals surface area contributed by atoms with E-state index in [9.17, 15) is 17.6 Å². The molecule has 0 aliphatic carbocycles. The van der Waals surface area contributed by atoms with Gasteiger partial charge in [0.1, 0.15) is 11.9 Å². The van der Waals surface area contributed by atoms with Gasteiger partial charge in [-0.3, -0.25) is 0 Å². The maximum Gasteiger partial charge on any atom is 0.403 e. The van der Waals surface area contributed by atoms with E-state index in [4.69, 9.17) is 5.73 Å². The van der Waals surface area contributed by atoms with Crippen LogP contribution >= 0.6 is 0 Å². The molecule has 0 spiro atoms. The Balaban J connectivity index is 2.37. The van der Waals surface area contributed by atoms with E-state index in [1.807, 2.05) is 0 Å². The second-order valence-corrected chi connectivity index (χ2v) is 3.83. The van der Waals surface area contributed by atoms with Gasteiger partial charge in [0.2, 0.25) is 0 Å². The van der Waals surface area contributed by atoms with E-state index in [0.29, 0.717) is 5.52 Å². The lowest BCUT2D eigenvalue weighted by atomic mass is 10.1. The van der Waals surface area contributed by atoms with Crippen LogP contribution in [0.5, 0.6) is 0 Å². The number of aromatic nitrogens is 1. The van der Waals surface area contributed by atoms with Gasteiger partial charge in [-0.15, -0.1) is 0 Å². The largest absolute Gasteiger partial charge is 0.403 e. The van der Waals surface area contributed by atoms with Crippen molar-refractivity contribution in [1.29, 1.82) is 0 Å². The van der Waals surface area contributed by atoms with Crippen LogP contribution in [0.25, 0.3) is 10.9 Å². The molecule has 0 fully saturated rings. The van der Waals surface area contributed by atoms with Crippen molar-refractivity contribution >= 4 is 10.9 Å². The maximum absolute atomic E-state index is 13.5. The van der Waals surface area contributed by atoms with E-state index in [1.165, 1.54) is 18.3 Å². The second-order valence-electron chi connectivity index (χ2n) is 3.83. The van der Waals surface area contributed by atoms with Gasteiger partial charge in [0.15, 0.2) is 0 Å². The molecule has 1 unspecified atom stereocenters. The maximum atomic E-state index is 13.5. The summed E-state index contributed by atoms with van der Waals surface area (Å²) in [6.45, 7) is 0. The van der Waals surface area contributed by atoms with Gasteiger partial charge in [-0.2, -0.15) is 13.2 Å². The molecule has 1 aromatic carbocycles. The minimum Gasteiger partial charge on any atom is -0.361 e. The molecule has 0 amide bonds. The molecule has 92 valence electrons. The number of H-pyrrole nitrogens is 1. The van der Waals surface area contributed by atoms with Crippen LogP contribution in [0, 0.1) is 5.82 Å². The van der Waals surface area contributed by atoms with Crippen LogP contribution in [-0.2, 0) is 6.42 Å². The minimum atomic E-state index is -4.48. The fourth-order valence-electron chi connectivity index (χ4n) is 1.72. The molecular formula is C11H10F4N2. The molecule has 1 atom stereocenters. The first-order chi connectivity index (χ1) is 7.89. The van der Waals surface area contributed by atoms with Crippen LogP contribution in [0.2, 0.25) is 0 Å². The second kappa shape index (κ2) is 4.03. The van der Waals surface area contributed by atoms with Crippen molar-refractivity contribution in [3.05, 3.63) is 35.8 Å². The Morgan fingerprint density at radius 2 is 2.00 bits per heavy atom. The Morgan fingerprint density at radius 3 is 2.65 bits per heavy atom. The summed E-state index contributed by atoms with van der Waals surface area (Å²) in [4.78, 5) is 2.72. The molecule has 1 heterocycles. The van der Waals surface area contributed by atoms with Gasteiger partial charge in [-0.1, -0.05) is 6.07 Å². The average Bonchev–Trinajstić information content (AvgIpc) is 2.61. The summed E-state index contributed by atoms with van der Waals surface area (Å²) in [7, 11) is 0. The number of halogens is 4. The Bertz CT molecular complexity index is 530. The molecule has 2 nitrogen and oxygen atoms in total. The highest BCUT2D eigenvalue weighted by molar-refractivity contribution is 5.83. The van der Waals surface area contributed by atoms with Crippen molar-refractivity contribution < 1.29 is 17.6 Å². The number of hydrogen-bond acceptors (Lipinski definition) is 1. The molecule has 0 saturated heterocycles. The fourth-order valence-corrected chi connectivity index (χ4v) is 1.72. The first-order valence-corrected chi connectivity index (χ1v) is 4.96. The summed E-state index contributed by atoms with van der Waals surface area (Å²) in [5.41, 5.74) is 5.73.